The van der Waals surface area contributed by atoms with Crippen molar-refractivity contribution < 1.29 is 8.42 Å². The number of sulfone groups is 1. The van der Waals surface area contributed by atoms with E-state index in [-0.39, 0.29) is 0 Å². The zero-order chi connectivity index (χ0) is 14.2. The van der Waals surface area contributed by atoms with Crippen LogP contribution in [0.3, 0.4) is 0 Å². The van der Waals surface area contributed by atoms with Gasteiger partial charge in [-0.2, -0.15) is 16.9 Å². The number of nitrogen functional groups attached to an aromatic ring is 1. The van der Waals surface area contributed by atoms with Gasteiger partial charge in [0.2, 0.25) is 0 Å². The molecule has 1 aromatic heterocycles. The van der Waals surface area contributed by atoms with Crippen molar-refractivity contribution >= 4 is 33.1 Å². The molecule has 1 aliphatic rings. The molecule has 0 amide bonds. The zero-order valence-electron chi connectivity index (χ0n) is 11.5. The number of anilines is 2. The smallest absolute Gasteiger partial charge is 0.169 e. The first kappa shape index (κ1) is 14.5. The van der Waals surface area contributed by atoms with Gasteiger partial charge in [0, 0.05) is 31.4 Å². The highest BCUT2D eigenvalue weighted by molar-refractivity contribution is 8.01. The van der Waals surface area contributed by atoms with Gasteiger partial charge < -0.3 is 10.6 Å². The highest BCUT2D eigenvalue weighted by atomic mass is 32.2. The van der Waals surface area contributed by atoms with E-state index in [4.69, 9.17) is 5.73 Å². The number of rotatable bonds is 3. The minimum Gasteiger partial charge on any atom is -0.394 e. The van der Waals surface area contributed by atoms with Crippen LogP contribution in [0.25, 0.3) is 0 Å². The molecule has 19 heavy (non-hydrogen) atoms. The summed E-state index contributed by atoms with van der Waals surface area (Å²) < 4.78 is 25.6. The highest BCUT2D eigenvalue weighted by Crippen LogP contribution is 2.32. The normalized spacial score (nSPS) is 20.8. The van der Waals surface area contributed by atoms with Crippen LogP contribution in [0.5, 0.6) is 0 Å². The average Bonchev–Trinajstić information content (AvgIpc) is 2.63. The van der Waals surface area contributed by atoms with Gasteiger partial charge in [0.05, 0.1) is 11.4 Å². The molecule has 1 unspecified atom stereocenters. The van der Waals surface area contributed by atoms with Gasteiger partial charge in [-0.3, -0.25) is 4.68 Å². The minimum absolute atomic E-state index is 0.520. The summed E-state index contributed by atoms with van der Waals surface area (Å²) in [7, 11) is -1.33. The maximum atomic E-state index is 11.9. The largest absolute Gasteiger partial charge is 0.394 e. The van der Waals surface area contributed by atoms with Crippen LogP contribution in [0.4, 0.5) is 11.5 Å². The van der Waals surface area contributed by atoms with Crippen molar-refractivity contribution in [1.29, 1.82) is 0 Å². The number of hydrogen-bond donors (Lipinski definition) is 1. The molecule has 1 aliphatic heterocycles. The SMILES string of the molecule is CCc1nn(C)c(N2CCSCC2S(C)(=O)=O)c1N. The van der Waals surface area contributed by atoms with Crippen molar-refractivity contribution in [2.45, 2.75) is 18.7 Å². The highest BCUT2D eigenvalue weighted by Gasteiger charge is 2.34. The lowest BCUT2D eigenvalue weighted by molar-refractivity contribution is 0.581. The molecule has 1 fully saturated rings. The van der Waals surface area contributed by atoms with Gasteiger partial charge in [0.1, 0.15) is 5.37 Å². The van der Waals surface area contributed by atoms with Gasteiger partial charge in [-0.1, -0.05) is 6.92 Å². The van der Waals surface area contributed by atoms with Gasteiger partial charge in [0.15, 0.2) is 15.7 Å². The van der Waals surface area contributed by atoms with E-state index in [0.717, 1.165) is 23.7 Å². The Morgan fingerprint density at radius 1 is 1.53 bits per heavy atom. The Kier molecular flexibility index (Phi) is 4.00. The van der Waals surface area contributed by atoms with E-state index in [1.54, 1.807) is 16.4 Å². The van der Waals surface area contributed by atoms with E-state index in [9.17, 15) is 8.42 Å². The van der Waals surface area contributed by atoms with Crippen LogP contribution in [0.1, 0.15) is 12.6 Å². The van der Waals surface area contributed by atoms with E-state index in [2.05, 4.69) is 5.10 Å². The van der Waals surface area contributed by atoms with Crippen molar-refractivity contribution in [3.63, 3.8) is 0 Å². The Morgan fingerprint density at radius 2 is 2.21 bits per heavy atom. The molecule has 1 aromatic rings. The number of aromatic nitrogens is 2. The van der Waals surface area contributed by atoms with Crippen LogP contribution in [0.15, 0.2) is 0 Å². The maximum absolute atomic E-state index is 11.9. The fraction of sp³-hybridized carbons (Fsp3) is 0.727. The number of hydrogen-bond acceptors (Lipinski definition) is 6. The van der Waals surface area contributed by atoms with Crippen LogP contribution in [-0.2, 0) is 23.3 Å². The number of aryl methyl sites for hydroxylation is 2. The van der Waals surface area contributed by atoms with Crippen molar-refractivity contribution in [3.05, 3.63) is 5.69 Å². The fourth-order valence-corrected chi connectivity index (χ4v) is 5.18. The van der Waals surface area contributed by atoms with Gasteiger partial charge >= 0.3 is 0 Å². The average molecular weight is 304 g/mol. The first-order chi connectivity index (χ1) is 8.86. The molecular weight excluding hydrogens is 284 g/mol. The molecule has 6 nitrogen and oxygen atoms in total. The molecule has 2 N–H and O–H groups in total. The second kappa shape index (κ2) is 5.24. The van der Waals surface area contributed by atoms with Crippen LogP contribution in [0.2, 0.25) is 0 Å². The van der Waals surface area contributed by atoms with Crippen molar-refractivity contribution in [2.24, 2.45) is 7.05 Å². The third kappa shape index (κ3) is 2.69. The number of thioether (sulfide) groups is 1. The summed E-state index contributed by atoms with van der Waals surface area (Å²) in [4.78, 5) is 1.88. The molecule has 0 spiro atoms. The summed E-state index contributed by atoms with van der Waals surface area (Å²) in [6, 6.07) is 0. The van der Waals surface area contributed by atoms with Gasteiger partial charge in [0.25, 0.3) is 0 Å². The predicted molar refractivity (Wildman–Crippen MR) is 80.3 cm³/mol. The lowest BCUT2D eigenvalue weighted by Crippen LogP contribution is -2.48. The first-order valence-electron chi connectivity index (χ1n) is 6.20. The Balaban J connectivity index is 2.46. The Labute approximate surface area is 118 Å². The van der Waals surface area contributed by atoms with Gasteiger partial charge in [-0.05, 0) is 6.42 Å². The lowest BCUT2D eigenvalue weighted by atomic mass is 10.3. The second-order valence-electron chi connectivity index (χ2n) is 4.71. The summed E-state index contributed by atoms with van der Waals surface area (Å²) in [5.74, 6) is 2.20. The molecule has 2 rings (SSSR count). The second-order valence-corrected chi connectivity index (χ2v) is 8.07. The molecule has 2 heterocycles. The molecular formula is C11H20N4O2S2. The lowest BCUT2D eigenvalue weighted by Gasteiger charge is -2.35. The van der Waals surface area contributed by atoms with E-state index >= 15 is 0 Å². The van der Waals surface area contributed by atoms with Crippen molar-refractivity contribution in [2.75, 3.05) is 34.9 Å². The van der Waals surface area contributed by atoms with Gasteiger partial charge in [-0.15, -0.1) is 0 Å². The maximum Gasteiger partial charge on any atom is 0.169 e. The quantitative estimate of drug-likeness (QED) is 0.875. The van der Waals surface area contributed by atoms with E-state index in [0.29, 0.717) is 18.0 Å². The first-order valence-corrected chi connectivity index (χ1v) is 9.31. The Hall–Kier alpha value is -0.890. The molecule has 0 aliphatic carbocycles. The minimum atomic E-state index is -3.15. The van der Waals surface area contributed by atoms with Crippen LogP contribution >= 0.6 is 11.8 Å². The summed E-state index contributed by atoms with van der Waals surface area (Å²) in [6.45, 7) is 2.66. The fourth-order valence-electron chi connectivity index (χ4n) is 2.37. The third-order valence-electron chi connectivity index (χ3n) is 3.31. The number of nitrogens with two attached hydrogens (primary N) is 1. The van der Waals surface area contributed by atoms with Crippen LogP contribution < -0.4 is 10.6 Å². The number of nitrogens with zero attached hydrogens (tertiary/aromatic N) is 3. The Bertz CT molecular complexity index is 567. The molecule has 0 bridgehead atoms. The molecule has 8 heteroatoms. The molecule has 0 radical (unpaired) electrons. The van der Waals surface area contributed by atoms with Crippen molar-refractivity contribution in [3.8, 4) is 0 Å². The van der Waals surface area contributed by atoms with E-state index in [1.165, 1.54) is 6.26 Å². The zero-order valence-corrected chi connectivity index (χ0v) is 13.1. The standard InChI is InChI=1S/C11H20N4O2S2/c1-4-8-10(12)11(14(2)13-8)15-5-6-18-7-9(15)19(3,16)17/h9H,4-7,12H2,1-3H3. The predicted octanol–water partition coefficient (Wildman–Crippen LogP) is 0.489. The molecule has 1 atom stereocenters. The van der Waals surface area contributed by atoms with Crippen LogP contribution in [-0.4, -0.2) is 47.9 Å². The van der Waals surface area contributed by atoms with Crippen LogP contribution in [0, 0.1) is 0 Å². The summed E-state index contributed by atoms with van der Waals surface area (Å²) >= 11 is 1.66. The summed E-state index contributed by atoms with van der Waals surface area (Å²) in [6.07, 6.45) is 2.02. The van der Waals surface area contributed by atoms with Gasteiger partial charge in [-0.25, -0.2) is 8.42 Å². The van der Waals surface area contributed by atoms with E-state index in [1.807, 2.05) is 18.9 Å². The summed E-state index contributed by atoms with van der Waals surface area (Å²) in [5.41, 5.74) is 7.55. The topological polar surface area (TPSA) is 81.2 Å². The molecule has 0 saturated carbocycles. The Morgan fingerprint density at radius 3 is 2.74 bits per heavy atom. The monoisotopic (exact) mass is 304 g/mol. The van der Waals surface area contributed by atoms with E-state index < -0.39 is 15.2 Å². The molecule has 0 aromatic carbocycles. The van der Waals surface area contributed by atoms with Crippen molar-refractivity contribution in [1.82, 2.24) is 9.78 Å². The molecule has 1 saturated heterocycles. The molecule has 108 valence electrons. The summed E-state index contributed by atoms with van der Waals surface area (Å²) in [5, 5.41) is 3.85. The third-order valence-corrected chi connectivity index (χ3v) is 5.96.